The molecule has 0 rings (SSSR count). The molecule has 0 aromatic carbocycles. The summed E-state index contributed by atoms with van der Waals surface area (Å²) in [5.41, 5.74) is 0. The van der Waals surface area contributed by atoms with Gasteiger partial charge >= 0.3 is 0 Å². The van der Waals surface area contributed by atoms with Crippen molar-refractivity contribution in [2.24, 2.45) is 0 Å². The van der Waals surface area contributed by atoms with Crippen molar-refractivity contribution >= 4 is 13.7 Å². The highest BCUT2D eigenvalue weighted by Gasteiger charge is 2.23. The molecule has 8 nitrogen and oxygen atoms in total. The maximum atomic E-state index is 12.7. The van der Waals surface area contributed by atoms with Gasteiger partial charge in [0.2, 0.25) is 5.91 Å². The molecule has 0 aromatic rings. The van der Waals surface area contributed by atoms with E-state index in [1.807, 2.05) is 40.2 Å². The molecule has 0 bridgehead atoms. The molecule has 0 aliphatic heterocycles. The van der Waals surface area contributed by atoms with Crippen LogP contribution in [0.5, 0.6) is 0 Å². The van der Waals surface area contributed by atoms with Crippen molar-refractivity contribution in [1.82, 2.24) is 5.32 Å². The lowest BCUT2D eigenvalue weighted by Gasteiger charge is -2.29. The molecule has 0 heterocycles. The Bertz CT molecular complexity index is 1100. The molecular weight excluding hydrogens is 623 g/mol. The zero-order chi connectivity index (χ0) is 35.8. The molecule has 0 saturated heterocycles. The van der Waals surface area contributed by atoms with Gasteiger partial charge in [-0.2, -0.15) is 0 Å². The number of hydrogen-bond donors (Lipinski definition) is 2. The molecule has 0 spiro atoms. The van der Waals surface area contributed by atoms with E-state index in [1.165, 1.54) is 0 Å². The first-order valence-corrected chi connectivity index (χ1v) is 19.0. The van der Waals surface area contributed by atoms with Crippen LogP contribution < -0.4 is 10.2 Å². The lowest BCUT2D eigenvalue weighted by molar-refractivity contribution is -0.870. The molecular formula is C39H65N2O6P. The monoisotopic (exact) mass is 688 g/mol. The fraction of sp³-hybridized carbons (Fsp3) is 0.564. The Kier molecular flexibility index (Phi) is 28.8. The van der Waals surface area contributed by atoms with Gasteiger partial charge in [0, 0.05) is 6.42 Å². The predicted octanol–water partition coefficient (Wildman–Crippen LogP) is 8.21. The highest BCUT2D eigenvalue weighted by atomic mass is 31.2. The zero-order valence-electron chi connectivity index (χ0n) is 30.4. The number of hydrogen-bond acceptors (Lipinski definition) is 6. The maximum Gasteiger partial charge on any atom is 0.268 e. The van der Waals surface area contributed by atoms with Crippen molar-refractivity contribution in [2.45, 2.75) is 103 Å². The van der Waals surface area contributed by atoms with E-state index in [1.54, 1.807) is 6.08 Å². The van der Waals surface area contributed by atoms with E-state index in [0.717, 1.165) is 57.8 Å². The lowest BCUT2D eigenvalue weighted by atomic mass is 10.1. The largest absolute Gasteiger partial charge is 0.756 e. The van der Waals surface area contributed by atoms with Gasteiger partial charge in [0.05, 0.1) is 39.9 Å². The van der Waals surface area contributed by atoms with Crippen LogP contribution in [0.3, 0.4) is 0 Å². The van der Waals surface area contributed by atoms with E-state index in [9.17, 15) is 19.4 Å². The summed E-state index contributed by atoms with van der Waals surface area (Å²) in [6.45, 7) is 4.16. The Morgan fingerprint density at radius 2 is 1.27 bits per heavy atom. The number of nitrogens with zero attached hydrogens (tertiary/aromatic N) is 1. The summed E-state index contributed by atoms with van der Waals surface area (Å²) in [5, 5.41) is 13.5. The predicted molar refractivity (Wildman–Crippen MR) is 200 cm³/mol. The van der Waals surface area contributed by atoms with Crippen LogP contribution in [0.4, 0.5) is 0 Å². The van der Waals surface area contributed by atoms with Gasteiger partial charge in [-0.1, -0.05) is 104 Å². The number of allylic oxidation sites excluding steroid dienone is 15. The first-order chi connectivity index (χ1) is 23.0. The lowest BCUT2D eigenvalue weighted by Crippen LogP contribution is -2.45. The second-order valence-electron chi connectivity index (χ2n) is 12.5. The van der Waals surface area contributed by atoms with Crippen LogP contribution in [0.1, 0.15) is 90.9 Å². The molecule has 272 valence electrons. The van der Waals surface area contributed by atoms with Crippen LogP contribution in [0.25, 0.3) is 0 Å². The Hall–Kier alpha value is -2.58. The molecule has 0 radical (unpaired) electrons. The minimum Gasteiger partial charge on any atom is -0.756 e. The van der Waals surface area contributed by atoms with Crippen LogP contribution >= 0.6 is 7.82 Å². The van der Waals surface area contributed by atoms with Crippen LogP contribution in [-0.2, 0) is 18.4 Å². The summed E-state index contributed by atoms with van der Waals surface area (Å²) in [7, 11) is 1.17. The average Bonchev–Trinajstić information content (AvgIpc) is 3.02. The number of likely N-dealkylation sites (N-methyl/N-ethyl adjacent to an activating group) is 1. The molecule has 0 saturated carbocycles. The fourth-order valence-electron chi connectivity index (χ4n) is 4.05. The van der Waals surface area contributed by atoms with Crippen LogP contribution in [0.2, 0.25) is 0 Å². The molecule has 2 N–H and O–H groups in total. The molecule has 1 amide bonds. The topological polar surface area (TPSA) is 108 Å². The Morgan fingerprint density at radius 1 is 0.771 bits per heavy atom. The number of carbonyl (C=O) groups excluding carboxylic acids is 1. The smallest absolute Gasteiger partial charge is 0.268 e. The van der Waals surface area contributed by atoms with E-state index in [0.29, 0.717) is 23.9 Å². The van der Waals surface area contributed by atoms with Gasteiger partial charge in [0.15, 0.2) is 0 Å². The van der Waals surface area contributed by atoms with E-state index >= 15 is 0 Å². The number of aliphatic hydroxyl groups is 1. The molecule has 3 unspecified atom stereocenters. The number of rotatable bonds is 29. The van der Waals surface area contributed by atoms with E-state index < -0.39 is 26.6 Å². The van der Waals surface area contributed by atoms with Gasteiger partial charge in [0.25, 0.3) is 7.82 Å². The van der Waals surface area contributed by atoms with E-state index in [4.69, 9.17) is 9.05 Å². The van der Waals surface area contributed by atoms with Gasteiger partial charge in [0.1, 0.15) is 13.2 Å². The van der Waals surface area contributed by atoms with Crippen molar-refractivity contribution < 1.29 is 32.9 Å². The Balaban J connectivity index is 4.70. The molecule has 0 aromatic heterocycles. The highest BCUT2D eigenvalue weighted by Crippen LogP contribution is 2.38. The maximum absolute atomic E-state index is 12.7. The highest BCUT2D eigenvalue weighted by molar-refractivity contribution is 7.45. The standard InChI is InChI=1S/C39H65N2O6P/c1-6-8-10-12-14-16-17-18-19-20-21-22-23-25-27-29-31-33-39(43)40-37(36-47-48(44,45)46-35-34-41(3,4)5)38(42)32-30-28-26-24-15-13-11-9-7-2/h7-10,14-16,18-19,21-22,24-25,27,30,32,37-38,42H,6,11-13,17,20,23,26,28-29,31,33-36H2,1-5H3,(H-,40,43,44,45)/b9-7+,10-8-,16-14-,19-18-,22-21-,24-15+,27-25-,32-30+. The number of carbonyl (C=O) groups is 1. The van der Waals surface area contributed by atoms with Crippen molar-refractivity contribution in [1.29, 1.82) is 0 Å². The van der Waals surface area contributed by atoms with Gasteiger partial charge < -0.3 is 28.8 Å². The first kappa shape index (κ1) is 45.4. The third-order valence-electron chi connectivity index (χ3n) is 6.85. The number of aliphatic hydroxyl groups excluding tert-OH is 1. The number of phosphoric ester groups is 1. The second kappa shape index (κ2) is 30.5. The molecule has 0 aliphatic carbocycles. The van der Waals surface area contributed by atoms with Gasteiger partial charge in [-0.15, -0.1) is 0 Å². The molecule has 9 heteroatoms. The van der Waals surface area contributed by atoms with Crippen molar-refractivity contribution in [3.05, 3.63) is 97.2 Å². The summed E-state index contributed by atoms with van der Waals surface area (Å²) in [5.74, 6) is -0.279. The molecule has 0 fully saturated rings. The zero-order valence-corrected chi connectivity index (χ0v) is 31.3. The van der Waals surface area contributed by atoms with Crippen LogP contribution in [-0.4, -0.2) is 68.5 Å². The minimum atomic E-state index is -4.61. The molecule has 48 heavy (non-hydrogen) atoms. The summed E-state index contributed by atoms with van der Waals surface area (Å²) in [4.78, 5) is 25.0. The fourth-order valence-corrected chi connectivity index (χ4v) is 4.77. The van der Waals surface area contributed by atoms with Gasteiger partial charge in [-0.05, 0) is 77.6 Å². The van der Waals surface area contributed by atoms with Crippen molar-refractivity contribution in [3.8, 4) is 0 Å². The summed E-state index contributed by atoms with van der Waals surface area (Å²) in [6.07, 6.45) is 42.0. The van der Waals surface area contributed by atoms with E-state index in [-0.39, 0.29) is 18.9 Å². The normalized spacial score (nSPS) is 15.9. The summed E-state index contributed by atoms with van der Waals surface area (Å²) < 4.78 is 22.9. The minimum absolute atomic E-state index is 0.0260. The van der Waals surface area contributed by atoms with E-state index in [2.05, 4.69) is 91.2 Å². The number of quaternary nitrogens is 1. The Labute approximate surface area is 292 Å². The number of nitrogens with one attached hydrogen (secondary N) is 1. The second-order valence-corrected chi connectivity index (χ2v) is 13.9. The van der Waals surface area contributed by atoms with Crippen LogP contribution in [0, 0.1) is 0 Å². The van der Waals surface area contributed by atoms with Crippen molar-refractivity contribution in [2.75, 3.05) is 40.9 Å². The van der Waals surface area contributed by atoms with Gasteiger partial charge in [-0.3, -0.25) is 9.36 Å². The number of phosphoric acid groups is 1. The number of amides is 1. The summed E-state index contributed by atoms with van der Waals surface area (Å²) >= 11 is 0. The van der Waals surface area contributed by atoms with Crippen molar-refractivity contribution in [3.63, 3.8) is 0 Å². The SMILES string of the molecule is C/C=C/CC/C=C/CC/C=C/C(O)C(COP(=O)([O-])OCC[N+](C)(C)C)NC(=O)CCC/C=C\C/C=C\C/C=C\C/C=C\C/C=C\CC. The quantitative estimate of drug-likeness (QED) is 0.0355. The molecule has 3 atom stereocenters. The third-order valence-corrected chi connectivity index (χ3v) is 7.81. The molecule has 0 aliphatic rings. The van der Waals surface area contributed by atoms with Crippen LogP contribution in [0.15, 0.2) is 97.2 Å². The third kappa shape index (κ3) is 32.0. The first-order valence-electron chi connectivity index (χ1n) is 17.6. The number of unbranched alkanes of at least 4 members (excludes halogenated alkanes) is 3. The Morgan fingerprint density at radius 3 is 1.81 bits per heavy atom. The summed E-state index contributed by atoms with van der Waals surface area (Å²) in [6, 6.07) is -0.942. The average molecular weight is 689 g/mol. The van der Waals surface area contributed by atoms with Gasteiger partial charge in [-0.25, -0.2) is 0 Å².